The quantitative estimate of drug-likeness (QED) is 0.656. The minimum absolute atomic E-state index is 0.214. The molecule has 1 saturated carbocycles. The molecular formula is C23H35N3O5. The Balaban J connectivity index is 1.34. The molecule has 8 nitrogen and oxygen atoms in total. The van der Waals surface area contributed by atoms with Crippen LogP contribution in [0.4, 0.5) is 10.5 Å². The van der Waals surface area contributed by atoms with E-state index in [2.05, 4.69) is 15.5 Å². The Hall–Kier alpha value is -2.03. The van der Waals surface area contributed by atoms with Crippen molar-refractivity contribution in [2.75, 3.05) is 58.5 Å². The van der Waals surface area contributed by atoms with Crippen LogP contribution in [0.5, 0.6) is 11.5 Å². The highest BCUT2D eigenvalue weighted by atomic mass is 16.5. The molecule has 2 atom stereocenters. The average Bonchev–Trinajstić information content (AvgIpc) is 3.50. The van der Waals surface area contributed by atoms with Gasteiger partial charge in [-0.2, -0.15) is 0 Å². The molecule has 0 bridgehead atoms. The van der Waals surface area contributed by atoms with Gasteiger partial charge < -0.3 is 29.6 Å². The van der Waals surface area contributed by atoms with Crippen molar-refractivity contribution in [3.05, 3.63) is 18.2 Å². The van der Waals surface area contributed by atoms with Crippen LogP contribution in [-0.4, -0.2) is 76.2 Å². The summed E-state index contributed by atoms with van der Waals surface area (Å²) in [6, 6.07) is 5.57. The van der Waals surface area contributed by atoms with Crippen LogP contribution in [0.1, 0.15) is 32.1 Å². The van der Waals surface area contributed by atoms with Crippen molar-refractivity contribution < 1.29 is 23.7 Å². The fourth-order valence-electron chi connectivity index (χ4n) is 4.76. The summed E-state index contributed by atoms with van der Waals surface area (Å²) in [6.07, 6.45) is 5.78. The predicted molar refractivity (Wildman–Crippen MR) is 118 cm³/mol. The van der Waals surface area contributed by atoms with Crippen molar-refractivity contribution in [2.45, 2.75) is 44.2 Å². The molecule has 0 unspecified atom stereocenters. The SMILES string of the molecule is COc1ccc(NC(=O)NC[C@@H]([C@@H]2CCOC2)N2CCOCC2)cc1OC1CCCC1. The zero-order valence-electron chi connectivity index (χ0n) is 18.4. The minimum Gasteiger partial charge on any atom is -0.493 e. The van der Waals surface area contributed by atoms with Crippen LogP contribution < -0.4 is 20.1 Å². The number of nitrogens with one attached hydrogen (secondary N) is 2. The number of carbonyl (C=O) groups is 1. The normalized spacial score (nSPS) is 23.5. The van der Waals surface area contributed by atoms with E-state index >= 15 is 0 Å². The molecule has 4 rings (SSSR count). The first-order valence-corrected chi connectivity index (χ1v) is 11.5. The lowest BCUT2D eigenvalue weighted by atomic mass is 9.97. The highest BCUT2D eigenvalue weighted by molar-refractivity contribution is 5.89. The van der Waals surface area contributed by atoms with Crippen molar-refractivity contribution in [1.29, 1.82) is 0 Å². The Kier molecular flexibility index (Phi) is 7.88. The van der Waals surface area contributed by atoms with Crippen molar-refractivity contribution in [1.82, 2.24) is 10.2 Å². The lowest BCUT2D eigenvalue weighted by Crippen LogP contribution is -2.52. The zero-order chi connectivity index (χ0) is 21.5. The van der Waals surface area contributed by atoms with Gasteiger partial charge in [-0.05, 0) is 44.2 Å². The first-order valence-electron chi connectivity index (χ1n) is 11.5. The number of urea groups is 1. The van der Waals surface area contributed by atoms with Gasteiger partial charge in [-0.1, -0.05) is 0 Å². The van der Waals surface area contributed by atoms with Crippen molar-refractivity contribution >= 4 is 11.7 Å². The van der Waals surface area contributed by atoms with Crippen molar-refractivity contribution in [2.24, 2.45) is 5.92 Å². The molecule has 0 aromatic heterocycles. The number of hydrogen-bond donors (Lipinski definition) is 2. The lowest BCUT2D eigenvalue weighted by Gasteiger charge is -2.37. The number of carbonyl (C=O) groups excluding carboxylic acids is 1. The maximum Gasteiger partial charge on any atom is 0.319 e. The van der Waals surface area contributed by atoms with E-state index in [0.29, 0.717) is 29.6 Å². The summed E-state index contributed by atoms with van der Waals surface area (Å²) in [6.45, 7) is 5.41. The Morgan fingerprint density at radius 3 is 2.65 bits per heavy atom. The molecular weight excluding hydrogens is 398 g/mol. The molecule has 31 heavy (non-hydrogen) atoms. The highest BCUT2D eigenvalue weighted by Gasteiger charge is 2.31. The second-order valence-corrected chi connectivity index (χ2v) is 8.56. The van der Waals surface area contributed by atoms with Crippen LogP contribution >= 0.6 is 0 Å². The summed E-state index contributed by atoms with van der Waals surface area (Å²) in [5.74, 6) is 1.80. The van der Waals surface area contributed by atoms with E-state index in [9.17, 15) is 4.79 Å². The molecule has 2 N–H and O–H groups in total. The third-order valence-corrected chi connectivity index (χ3v) is 6.51. The van der Waals surface area contributed by atoms with Gasteiger partial charge in [0.2, 0.25) is 0 Å². The average molecular weight is 434 g/mol. The molecule has 0 radical (unpaired) electrons. The lowest BCUT2D eigenvalue weighted by molar-refractivity contribution is 0.00222. The Bertz CT molecular complexity index is 713. The Morgan fingerprint density at radius 1 is 1.13 bits per heavy atom. The summed E-state index contributed by atoms with van der Waals surface area (Å²) in [5.41, 5.74) is 0.693. The van der Waals surface area contributed by atoms with Gasteiger partial charge in [0.05, 0.1) is 33.0 Å². The Morgan fingerprint density at radius 2 is 1.94 bits per heavy atom. The first-order chi connectivity index (χ1) is 15.2. The van der Waals surface area contributed by atoms with Crippen LogP contribution in [0.3, 0.4) is 0 Å². The second-order valence-electron chi connectivity index (χ2n) is 8.56. The number of ether oxygens (including phenoxy) is 4. The van der Waals surface area contributed by atoms with Crippen LogP contribution in [0.15, 0.2) is 18.2 Å². The van der Waals surface area contributed by atoms with Gasteiger partial charge in [0.1, 0.15) is 0 Å². The van der Waals surface area contributed by atoms with Gasteiger partial charge in [0.15, 0.2) is 11.5 Å². The monoisotopic (exact) mass is 433 g/mol. The number of anilines is 1. The molecule has 2 heterocycles. The number of morpholine rings is 1. The van der Waals surface area contributed by atoms with Gasteiger partial charge in [-0.25, -0.2) is 4.79 Å². The van der Waals surface area contributed by atoms with Gasteiger partial charge in [-0.3, -0.25) is 4.90 Å². The van der Waals surface area contributed by atoms with Crippen LogP contribution in [0.25, 0.3) is 0 Å². The van der Waals surface area contributed by atoms with E-state index < -0.39 is 0 Å². The summed E-state index contributed by atoms with van der Waals surface area (Å²) in [4.78, 5) is 15.1. The highest BCUT2D eigenvalue weighted by Crippen LogP contribution is 2.34. The first kappa shape index (κ1) is 22.2. The van der Waals surface area contributed by atoms with Crippen LogP contribution in [-0.2, 0) is 9.47 Å². The second kappa shape index (κ2) is 11.0. The largest absolute Gasteiger partial charge is 0.493 e. The van der Waals surface area contributed by atoms with E-state index in [1.165, 1.54) is 12.8 Å². The molecule has 1 aliphatic carbocycles. The number of amides is 2. The molecule has 1 aromatic rings. The topological polar surface area (TPSA) is 81.3 Å². The van der Waals surface area contributed by atoms with Gasteiger partial charge >= 0.3 is 6.03 Å². The molecule has 0 spiro atoms. The molecule has 1 aromatic carbocycles. The van der Waals surface area contributed by atoms with Gasteiger partial charge in [0.25, 0.3) is 0 Å². The molecule has 3 aliphatic rings. The number of benzene rings is 1. The van der Waals surface area contributed by atoms with Gasteiger partial charge in [0, 0.05) is 50.0 Å². The molecule has 2 amide bonds. The number of nitrogens with zero attached hydrogens (tertiary/aromatic N) is 1. The third kappa shape index (κ3) is 6.02. The number of methoxy groups -OCH3 is 1. The molecule has 3 fully saturated rings. The van der Waals surface area contributed by atoms with E-state index in [-0.39, 0.29) is 18.2 Å². The predicted octanol–water partition coefficient (Wildman–Crippen LogP) is 2.88. The summed E-state index contributed by atoms with van der Waals surface area (Å²) in [7, 11) is 1.63. The van der Waals surface area contributed by atoms with Crippen LogP contribution in [0, 0.1) is 5.92 Å². The third-order valence-electron chi connectivity index (χ3n) is 6.51. The maximum absolute atomic E-state index is 12.7. The molecule has 172 valence electrons. The minimum atomic E-state index is -0.214. The number of rotatable bonds is 8. The maximum atomic E-state index is 12.7. The fraction of sp³-hybridized carbons (Fsp3) is 0.696. The molecule has 8 heteroatoms. The molecule has 2 aliphatic heterocycles. The summed E-state index contributed by atoms with van der Waals surface area (Å²) >= 11 is 0. The molecule has 2 saturated heterocycles. The van der Waals surface area contributed by atoms with E-state index in [1.54, 1.807) is 7.11 Å². The number of hydrogen-bond acceptors (Lipinski definition) is 6. The van der Waals surface area contributed by atoms with E-state index in [4.69, 9.17) is 18.9 Å². The Labute approximate surface area is 184 Å². The fourth-order valence-corrected chi connectivity index (χ4v) is 4.76. The van der Waals surface area contributed by atoms with E-state index in [0.717, 1.165) is 58.8 Å². The zero-order valence-corrected chi connectivity index (χ0v) is 18.4. The van der Waals surface area contributed by atoms with Crippen LogP contribution in [0.2, 0.25) is 0 Å². The summed E-state index contributed by atoms with van der Waals surface area (Å²) in [5, 5.41) is 6.01. The summed E-state index contributed by atoms with van der Waals surface area (Å²) < 4.78 is 22.7. The smallest absolute Gasteiger partial charge is 0.319 e. The van der Waals surface area contributed by atoms with Crippen molar-refractivity contribution in [3.63, 3.8) is 0 Å². The van der Waals surface area contributed by atoms with E-state index in [1.807, 2.05) is 18.2 Å². The van der Waals surface area contributed by atoms with Gasteiger partial charge in [-0.15, -0.1) is 0 Å². The van der Waals surface area contributed by atoms with Crippen molar-refractivity contribution in [3.8, 4) is 11.5 Å². The standard InChI is InChI=1S/C23H35N3O5/c1-28-21-7-6-18(14-22(21)31-19-4-2-3-5-19)25-23(27)24-15-20(17-8-11-30-16-17)26-9-12-29-13-10-26/h6-7,14,17,19-20H,2-5,8-13,15-16H2,1H3,(H2,24,25,27)/t17-,20+/m1/s1.